The summed E-state index contributed by atoms with van der Waals surface area (Å²) in [7, 11) is 0. The van der Waals surface area contributed by atoms with E-state index in [0.29, 0.717) is 18.3 Å². The molecule has 1 aromatic heterocycles. The number of aryl methyl sites for hydroxylation is 1. The first-order valence-electron chi connectivity index (χ1n) is 11.2. The molecule has 2 aromatic rings. The number of likely N-dealkylation sites (tertiary alicyclic amines) is 1. The van der Waals surface area contributed by atoms with Crippen molar-refractivity contribution in [1.82, 2.24) is 15.0 Å². The van der Waals surface area contributed by atoms with Gasteiger partial charge in [0.15, 0.2) is 5.96 Å². The van der Waals surface area contributed by atoms with Crippen LogP contribution in [0.2, 0.25) is 0 Å². The maximum absolute atomic E-state index is 7.55. The summed E-state index contributed by atoms with van der Waals surface area (Å²) in [6.07, 6.45) is 12.8. The molecule has 3 N–H and O–H groups in total. The molecule has 7 heteroatoms. The van der Waals surface area contributed by atoms with Crippen LogP contribution in [0.5, 0.6) is 0 Å². The van der Waals surface area contributed by atoms with Crippen molar-refractivity contribution in [2.24, 2.45) is 5.73 Å². The first kappa shape index (κ1) is 24.2. The molecule has 1 fully saturated rings. The first-order chi connectivity index (χ1) is 14.2. The Morgan fingerprint density at radius 3 is 2.40 bits per heavy atom. The molecule has 30 heavy (non-hydrogen) atoms. The quantitative estimate of drug-likeness (QED) is 0.276. The lowest BCUT2D eigenvalue weighted by Gasteiger charge is -2.14. The zero-order chi connectivity index (χ0) is 20.5. The second-order valence-electron chi connectivity index (χ2n) is 8.19. The van der Waals surface area contributed by atoms with Crippen molar-refractivity contribution in [1.29, 1.82) is 5.41 Å². The Morgan fingerprint density at radius 2 is 1.77 bits per heavy atom. The lowest BCUT2D eigenvalue weighted by Crippen LogP contribution is -2.34. The third kappa shape index (κ3) is 7.01. The van der Waals surface area contributed by atoms with Crippen molar-refractivity contribution in [2.45, 2.75) is 77.0 Å². The maximum atomic E-state index is 7.55. The van der Waals surface area contributed by atoms with Gasteiger partial charge in [-0.2, -0.15) is 4.98 Å². The van der Waals surface area contributed by atoms with Crippen LogP contribution < -0.4 is 5.73 Å². The van der Waals surface area contributed by atoms with E-state index in [4.69, 9.17) is 15.7 Å². The van der Waals surface area contributed by atoms with Crippen LogP contribution in [-0.4, -0.2) is 34.1 Å². The second-order valence-corrected chi connectivity index (χ2v) is 8.19. The summed E-state index contributed by atoms with van der Waals surface area (Å²) in [4.78, 5) is 6.43. The minimum Gasteiger partial charge on any atom is -0.370 e. The van der Waals surface area contributed by atoms with Gasteiger partial charge in [-0.05, 0) is 24.8 Å². The largest absolute Gasteiger partial charge is 0.370 e. The molecular weight excluding hydrogens is 398 g/mol. The van der Waals surface area contributed by atoms with Crippen molar-refractivity contribution < 1.29 is 4.52 Å². The molecule has 0 aliphatic carbocycles. The van der Waals surface area contributed by atoms with Crippen LogP contribution in [0, 0.1) is 5.41 Å². The number of benzene rings is 1. The molecule has 1 atom stereocenters. The van der Waals surface area contributed by atoms with Crippen molar-refractivity contribution >= 4 is 18.4 Å². The first-order valence-corrected chi connectivity index (χ1v) is 11.2. The Kier molecular flexibility index (Phi) is 10.1. The highest BCUT2D eigenvalue weighted by molar-refractivity contribution is 5.85. The molecule has 6 nitrogen and oxygen atoms in total. The number of unbranched alkanes of at least 4 members (excludes halogenated alkanes) is 7. The summed E-state index contributed by atoms with van der Waals surface area (Å²) < 4.78 is 5.49. The highest BCUT2D eigenvalue weighted by Crippen LogP contribution is 2.27. The third-order valence-electron chi connectivity index (χ3n) is 5.85. The summed E-state index contributed by atoms with van der Waals surface area (Å²) >= 11 is 0. The van der Waals surface area contributed by atoms with Gasteiger partial charge >= 0.3 is 0 Å². The van der Waals surface area contributed by atoms with E-state index in [1.807, 2.05) is 4.90 Å². The third-order valence-corrected chi connectivity index (χ3v) is 5.85. The fourth-order valence-corrected chi connectivity index (χ4v) is 3.98. The van der Waals surface area contributed by atoms with Gasteiger partial charge in [0, 0.05) is 18.7 Å². The molecular formula is C23H36ClN5O. The molecule has 0 unspecified atom stereocenters. The Morgan fingerprint density at radius 1 is 1.10 bits per heavy atom. The van der Waals surface area contributed by atoms with Gasteiger partial charge in [-0.25, -0.2) is 0 Å². The monoisotopic (exact) mass is 433 g/mol. The lowest BCUT2D eigenvalue weighted by atomic mass is 10.0. The Balaban J connectivity index is 0.00000320. The van der Waals surface area contributed by atoms with Gasteiger partial charge in [-0.3, -0.25) is 5.41 Å². The number of nitrogens with one attached hydrogen (secondary N) is 1. The average Bonchev–Trinajstić information content (AvgIpc) is 3.40. The molecule has 3 rings (SSSR count). The number of hydrogen-bond acceptors (Lipinski definition) is 4. The van der Waals surface area contributed by atoms with Crippen LogP contribution in [0.25, 0.3) is 11.4 Å². The van der Waals surface area contributed by atoms with Gasteiger partial charge in [0.05, 0.1) is 5.92 Å². The second kappa shape index (κ2) is 12.6. The predicted octanol–water partition coefficient (Wildman–Crippen LogP) is 5.52. The number of nitrogens with zero attached hydrogens (tertiary/aromatic N) is 3. The molecule has 0 spiro atoms. The van der Waals surface area contributed by atoms with Crippen LogP contribution in [0.15, 0.2) is 28.8 Å². The Bertz CT molecular complexity index is 761. The molecule has 1 aliphatic rings. The molecule has 1 aromatic carbocycles. The van der Waals surface area contributed by atoms with E-state index in [9.17, 15) is 0 Å². The van der Waals surface area contributed by atoms with Gasteiger partial charge in [0.2, 0.25) is 11.7 Å². The molecule has 2 heterocycles. The minimum atomic E-state index is 0. The smallest absolute Gasteiger partial charge is 0.231 e. The van der Waals surface area contributed by atoms with Crippen LogP contribution in [0.4, 0.5) is 0 Å². The Labute approximate surface area is 186 Å². The normalized spacial score (nSPS) is 15.9. The summed E-state index contributed by atoms with van der Waals surface area (Å²) in [6, 6.07) is 8.54. The standard InChI is InChI=1S/C23H35N5O.ClH/c1-2-3-4-5-6-7-8-9-10-18-11-13-19(14-12-18)21-26-22(29-27-21)20-15-16-28(17-20)23(24)25;/h11-14,20H,2-10,15-17H2,1H3,(H3,24,25);1H/t20-;/m0./s1. The molecule has 0 radical (unpaired) electrons. The summed E-state index contributed by atoms with van der Waals surface area (Å²) in [6.45, 7) is 3.71. The zero-order valence-electron chi connectivity index (χ0n) is 18.1. The fraction of sp³-hybridized carbons (Fsp3) is 0.609. The zero-order valence-corrected chi connectivity index (χ0v) is 18.9. The molecule has 0 bridgehead atoms. The number of nitrogens with two attached hydrogens (primary N) is 1. The molecule has 1 aliphatic heterocycles. The van der Waals surface area contributed by atoms with Gasteiger partial charge in [0.1, 0.15) is 0 Å². The van der Waals surface area contributed by atoms with Crippen LogP contribution in [0.1, 0.15) is 82.1 Å². The van der Waals surface area contributed by atoms with Crippen LogP contribution in [0.3, 0.4) is 0 Å². The van der Waals surface area contributed by atoms with Gasteiger partial charge in [0.25, 0.3) is 0 Å². The Hall–Kier alpha value is -2.08. The van der Waals surface area contributed by atoms with Crippen LogP contribution >= 0.6 is 12.4 Å². The molecule has 0 amide bonds. The van der Waals surface area contributed by atoms with E-state index < -0.39 is 0 Å². The highest BCUT2D eigenvalue weighted by atomic mass is 35.5. The fourth-order valence-electron chi connectivity index (χ4n) is 3.98. The molecule has 166 valence electrons. The lowest BCUT2D eigenvalue weighted by molar-refractivity contribution is 0.354. The maximum Gasteiger partial charge on any atom is 0.231 e. The number of guanidine groups is 1. The van der Waals surface area contributed by atoms with Crippen molar-refractivity contribution in [3.63, 3.8) is 0 Å². The van der Waals surface area contributed by atoms with Gasteiger partial charge < -0.3 is 15.2 Å². The van der Waals surface area contributed by atoms with Crippen molar-refractivity contribution in [3.8, 4) is 11.4 Å². The van der Waals surface area contributed by atoms with Crippen molar-refractivity contribution in [3.05, 3.63) is 35.7 Å². The SMILES string of the molecule is CCCCCCCCCCc1ccc(-c2noc([C@H]3CCN(C(=N)N)C3)n2)cc1.Cl. The summed E-state index contributed by atoms with van der Waals surface area (Å²) in [5.74, 6) is 1.55. The van der Waals surface area contributed by atoms with Gasteiger partial charge in [-0.15, -0.1) is 12.4 Å². The molecule has 0 saturated carbocycles. The van der Waals surface area contributed by atoms with E-state index in [-0.39, 0.29) is 24.3 Å². The predicted molar refractivity (Wildman–Crippen MR) is 124 cm³/mol. The highest BCUT2D eigenvalue weighted by Gasteiger charge is 2.29. The van der Waals surface area contributed by atoms with Crippen molar-refractivity contribution in [2.75, 3.05) is 13.1 Å². The van der Waals surface area contributed by atoms with E-state index in [1.165, 1.54) is 56.9 Å². The van der Waals surface area contributed by atoms with E-state index in [0.717, 1.165) is 24.9 Å². The number of rotatable bonds is 11. The van der Waals surface area contributed by atoms with Crippen LogP contribution in [-0.2, 0) is 6.42 Å². The number of aromatic nitrogens is 2. The topological polar surface area (TPSA) is 92.0 Å². The molecule has 1 saturated heterocycles. The van der Waals surface area contributed by atoms with E-state index in [2.05, 4.69) is 41.3 Å². The number of halogens is 1. The van der Waals surface area contributed by atoms with Gasteiger partial charge in [-0.1, -0.05) is 81.3 Å². The summed E-state index contributed by atoms with van der Waals surface area (Å²) in [5.41, 5.74) is 7.93. The van der Waals surface area contributed by atoms with E-state index in [1.54, 1.807) is 0 Å². The average molecular weight is 434 g/mol. The van der Waals surface area contributed by atoms with E-state index >= 15 is 0 Å². The number of hydrogen-bond donors (Lipinski definition) is 2. The summed E-state index contributed by atoms with van der Waals surface area (Å²) in [5, 5.41) is 11.7. The minimum absolute atomic E-state index is 0.